The molecule has 11 heavy (non-hydrogen) atoms. The van der Waals surface area contributed by atoms with E-state index in [-0.39, 0.29) is 5.54 Å². The Labute approximate surface area is 69.5 Å². The van der Waals surface area contributed by atoms with E-state index in [1.807, 2.05) is 6.08 Å². The van der Waals surface area contributed by atoms with Gasteiger partial charge in [0.15, 0.2) is 0 Å². The molecule has 1 heteroatoms. The predicted molar refractivity (Wildman–Crippen MR) is 51.4 cm³/mol. The second-order valence-corrected chi connectivity index (χ2v) is 3.44. The first-order chi connectivity index (χ1) is 4.99. The fraction of sp³-hybridized carbons (Fsp3) is 0.400. The molecule has 0 atom stereocenters. The van der Waals surface area contributed by atoms with Gasteiger partial charge < -0.3 is 5.32 Å². The summed E-state index contributed by atoms with van der Waals surface area (Å²) in [6.07, 6.45) is 5.43. The summed E-state index contributed by atoms with van der Waals surface area (Å²) in [5.74, 6) is 0. The predicted octanol–water partition coefficient (Wildman–Crippen LogP) is 2.63. The summed E-state index contributed by atoms with van der Waals surface area (Å²) in [6, 6.07) is 0. The Morgan fingerprint density at radius 2 is 1.82 bits per heavy atom. The van der Waals surface area contributed by atoms with Crippen molar-refractivity contribution >= 4 is 0 Å². The van der Waals surface area contributed by atoms with Crippen molar-refractivity contribution in [3.05, 3.63) is 37.1 Å². The van der Waals surface area contributed by atoms with Crippen LogP contribution in [0.2, 0.25) is 0 Å². The Bertz CT molecular complexity index is 170. The van der Waals surface area contributed by atoms with E-state index in [1.54, 1.807) is 12.2 Å². The van der Waals surface area contributed by atoms with Gasteiger partial charge in [-0.05, 0) is 32.9 Å². The van der Waals surface area contributed by atoms with Crippen LogP contribution in [0.15, 0.2) is 37.1 Å². The Morgan fingerprint density at radius 1 is 1.27 bits per heavy atom. The number of nitrogens with one attached hydrogen (secondary N) is 1. The van der Waals surface area contributed by atoms with Crippen LogP contribution in [0.3, 0.4) is 0 Å². The Hall–Kier alpha value is -0.980. The van der Waals surface area contributed by atoms with E-state index < -0.39 is 0 Å². The van der Waals surface area contributed by atoms with Gasteiger partial charge in [-0.15, -0.1) is 0 Å². The summed E-state index contributed by atoms with van der Waals surface area (Å²) in [5, 5.41) is 3.28. The van der Waals surface area contributed by atoms with Crippen LogP contribution in [0.1, 0.15) is 20.8 Å². The first-order valence-corrected chi connectivity index (χ1v) is 3.73. The normalized spacial score (nSPS) is 12.5. The van der Waals surface area contributed by atoms with Crippen molar-refractivity contribution in [2.24, 2.45) is 0 Å². The highest BCUT2D eigenvalue weighted by molar-refractivity contribution is 5.20. The van der Waals surface area contributed by atoms with Crippen LogP contribution >= 0.6 is 0 Å². The molecule has 0 radical (unpaired) electrons. The van der Waals surface area contributed by atoms with Crippen molar-refractivity contribution in [1.29, 1.82) is 0 Å². The largest absolute Gasteiger partial charge is 0.380 e. The Kier molecular flexibility index (Phi) is 3.66. The maximum Gasteiger partial charge on any atom is 0.0337 e. The third-order valence-corrected chi connectivity index (χ3v) is 1.04. The molecule has 0 amide bonds. The van der Waals surface area contributed by atoms with E-state index in [0.717, 1.165) is 5.70 Å². The van der Waals surface area contributed by atoms with Gasteiger partial charge in [-0.3, -0.25) is 0 Å². The van der Waals surface area contributed by atoms with Crippen LogP contribution in [0.25, 0.3) is 0 Å². The highest BCUT2D eigenvalue weighted by Crippen LogP contribution is 2.03. The standard InChI is InChI=1S/C10H17N/c1-6-8-9(7-2)11-10(3,4)5/h6-8,11H,1-2H2,3-5H3/b9-8+. The second kappa shape index (κ2) is 4.02. The minimum Gasteiger partial charge on any atom is -0.380 e. The summed E-state index contributed by atoms with van der Waals surface area (Å²) in [7, 11) is 0. The SMILES string of the molecule is C=C/C=C(\C=C)NC(C)(C)C. The Morgan fingerprint density at radius 3 is 2.09 bits per heavy atom. The molecule has 0 aliphatic carbocycles. The van der Waals surface area contributed by atoms with E-state index in [0.29, 0.717) is 0 Å². The molecule has 0 saturated carbocycles. The third-order valence-electron chi connectivity index (χ3n) is 1.04. The monoisotopic (exact) mass is 151 g/mol. The zero-order valence-corrected chi connectivity index (χ0v) is 7.65. The van der Waals surface area contributed by atoms with Gasteiger partial charge in [0.2, 0.25) is 0 Å². The summed E-state index contributed by atoms with van der Waals surface area (Å²) in [4.78, 5) is 0. The van der Waals surface area contributed by atoms with Gasteiger partial charge in [-0.2, -0.15) is 0 Å². The van der Waals surface area contributed by atoms with Gasteiger partial charge in [-0.1, -0.05) is 19.2 Å². The quantitative estimate of drug-likeness (QED) is 0.611. The van der Waals surface area contributed by atoms with Crippen LogP contribution in [0.5, 0.6) is 0 Å². The van der Waals surface area contributed by atoms with Crippen LogP contribution in [-0.2, 0) is 0 Å². The molecule has 0 aromatic rings. The molecule has 0 aromatic heterocycles. The highest BCUT2D eigenvalue weighted by atomic mass is 15.0. The smallest absolute Gasteiger partial charge is 0.0337 e. The first kappa shape index (κ1) is 10.0. The van der Waals surface area contributed by atoms with Crippen molar-refractivity contribution in [3.8, 4) is 0 Å². The fourth-order valence-electron chi connectivity index (χ4n) is 0.721. The molecular weight excluding hydrogens is 134 g/mol. The van der Waals surface area contributed by atoms with E-state index in [4.69, 9.17) is 0 Å². The van der Waals surface area contributed by atoms with Crippen molar-refractivity contribution in [3.63, 3.8) is 0 Å². The molecule has 0 rings (SSSR count). The van der Waals surface area contributed by atoms with Crippen LogP contribution in [0.4, 0.5) is 0 Å². The van der Waals surface area contributed by atoms with Crippen LogP contribution in [-0.4, -0.2) is 5.54 Å². The van der Waals surface area contributed by atoms with E-state index in [2.05, 4.69) is 39.2 Å². The summed E-state index contributed by atoms with van der Waals surface area (Å²) >= 11 is 0. The summed E-state index contributed by atoms with van der Waals surface area (Å²) in [6.45, 7) is 13.6. The molecule has 62 valence electrons. The van der Waals surface area contributed by atoms with Gasteiger partial charge in [0.1, 0.15) is 0 Å². The number of hydrogen-bond acceptors (Lipinski definition) is 1. The zero-order valence-electron chi connectivity index (χ0n) is 7.65. The minimum absolute atomic E-state index is 0.0863. The molecule has 0 unspecified atom stereocenters. The molecule has 0 aromatic carbocycles. The molecule has 0 heterocycles. The van der Waals surface area contributed by atoms with E-state index in [9.17, 15) is 0 Å². The van der Waals surface area contributed by atoms with Crippen molar-refractivity contribution < 1.29 is 0 Å². The van der Waals surface area contributed by atoms with Crippen molar-refractivity contribution in [2.75, 3.05) is 0 Å². The lowest BCUT2D eigenvalue weighted by atomic mass is 10.1. The third kappa shape index (κ3) is 5.46. The lowest BCUT2D eigenvalue weighted by molar-refractivity contribution is 0.479. The van der Waals surface area contributed by atoms with Crippen molar-refractivity contribution in [2.45, 2.75) is 26.3 Å². The van der Waals surface area contributed by atoms with E-state index in [1.165, 1.54) is 0 Å². The van der Waals surface area contributed by atoms with Gasteiger partial charge in [0, 0.05) is 11.2 Å². The highest BCUT2D eigenvalue weighted by Gasteiger charge is 2.07. The lowest BCUT2D eigenvalue weighted by Crippen LogP contribution is -2.34. The van der Waals surface area contributed by atoms with Gasteiger partial charge in [0.05, 0.1) is 0 Å². The molecule has 1 nitrogen and oxygen atoms in total. The molecule has 0 spiro atoms. The molecular formula is C10H17N. The second-order valence-electron chi connectivity index (χ2n) is 3.44. The number of rotatable bonds is 3. The first-order valence-electron chi connectivity index (χ1n) is 3.73. The zero-order chi connectivity index (χ0) is 8.91. The van der Waals surface area contributed by atoms with Crippen molar-refractivity contribution in [1.82, 2.24) is 5.32 Å². The van der Waals surface area contributed by atoms with E-state index >= 15 is 0 Å². The number of hydrogen-bond donors (Lipinski definition) is 1. The Balaban J connectivity index is 4.20. The molecule has 0 aliphatic rings. The molecule has 0 bridgehead atoms. The summed E-state index contributed by atoms with van der Waals surface area (Å²) < 4.78 is 0. The topological polar surface area (TPSA) is 12.0 Å². The van der Waals surface area contributed by atoms with Gasteiger partial charge in [0.25, 0.3) is 0 Å². The molecule has 0 saturated heterocycles. The fourth-order valence-corrected chi connectivity index (χ4v) is 0.721. The maximum atomic E-state index is 3.69. The minimum atomic E-state index is 0.0863. The van der Waals surface area contributed by atoms with Gasteiger partial charge in [-0.25, -0.2) is 0 Å². The van der Waals surface area contributed by atoms with Gasteiger partial charge >= 0.3 is 0 Å². The number of allylic oxidation sites excluding steroid dienone is 3. The maximum absolute atomic E-state index is 3.69. The average Bonchev–Trinajstić information content (AvgIpc) is 1.84. The average molecular weight is 151 g/mol. The summed E-state index contributed by atoms with van der Waals surface area (Å²) in [5.41, 5.74) is 1.09. The lowest BCUT2D eigenvalue weighted by Gasteiger charge is -2.22. The van der Waals surface area contributed by atoms with Crippen LogP contribution in [0, 0.1) is 0 Å². The molecule has 1 N–H and O–H groups in total. The van der Waals surface area contributed by atoms with Crippen LogP contribution < -0.4 is 5.32 Å². The molecule has 0 aliphatic heterocycles. The molecule has 0 fully saturated rings.